The molecule has 0 amide bonds. The molecule has 0 saturated carbocycles. The molecule has 0 aliphatic rings. The zero-order chi connectivity index (χ0) is 40.0. The Hall–Kier alpha value is -0.400. The first kappa shape index (κ1) is 58.9. The van der Waals surface area contributed by atoms with Crippen LogP contribution in [0.25, 0.3) is 0 Å². The smallest absolute Gasteiger partial charge is 0.547 e. The average molecular weight is 803 g/mol. The second-order valence-corrected chi connectivity index (χ2v) is 16.0. The van der Waals surface area contributed by atoms with Gasteiger partial charge in [-0.25, -0.2) is 0 Å². The number of carbonyl (C=O) groups excluding carboxylic acids is 2. The first-order valence-electron chi connectivity index (χ1n) is 23.4. The Balaban J connectivity index is -0.000000966. The Kier molecular flexibility index (Phi) is 55.3. The van der Waals surface area contributed by atoms with Crippen LogP contribution in [0.3, 0.4) is 0 Å². The van der Waals surface area contributed by atoms with E-state index in [9.17, 15) is 19.8 Å². The summed E-state index contributed by atoms with van der Waals surface area (Å²) in [5.41, 5.74) is 0. The van der Waals surface area contributed by atoms with Crippen molar-refractivity contribution in [2.75, 3.05) is 0 Å². The molecule has 0 heterocycles. The van der Waals surface area contributed by atoms with Crippen molar-refractivity contribution in [1.29, 1.82) is 0 Å². The molecule has 0 aliphatic carbocycles. The van der Waals surface area contributed by atoms with E-state index in [1.54, 1.807) is 0 Å². The van der Waals surface area contributed by atoms with Gasteiger partial charge in [-0.05, 0) is 64.2 Å². The Morgan fingerprint density at radius 3 is 0.745 bits per heavy atom. The molecule has 0 aliphatic heterocycles. The van der Waals surface area contributed by atoms with Crippen molar-refractivity contribution in [3.8, 4) is 0 Å². The second kappa shape index (κ2) is 51.6. The van der Waals surface area contributed by atoms with Gasteiger partial charge in [0.1, 0.15) is 0 Å². The molecule has 7 heteroatoms. The molecule has 0 saturated heterocycles. The maximum atomic E-state index is 10.4. The van der Waals surface area contributed by atoms with Gasteiger partial charge in [0.25, 0.3) is 0 Å². The summed E-state index contributed by atoms with van der Waals surface area (Å²) < 4.78 is 0. The minimum Gasteiger partial charge on any atom is -0.547 e. The van der Waals surface area contributed by atoms with Crippen LogP contribution in [0, 0.1) is 0 Å². The minimum absolute atomic E-state index is 0. The number of aliphatic hydroxyl groups excluding tert-OH is 2. The molecule has 0 aromatic heterocycles. The first-order valence-corrected chi connectivity index (χ1v) is 23.4. The van der Waals surface area contributed by atoms with Gasteiger partial charge in [0.15, 0.2) is 0 Å². The number of carbonyl (C=O) groups is 2. The van der Waals surface area contributed by atoms with Crippen LogP contribution in [0.2, 0.25) is 0 Å². The summed E-state index contributed by atoms with van der Waals surface area (Å²) in [6.45, 7) is 4.55. The number of unbranched alkanes of at least 4 members (excludes halogenated alkanes) is 32. The van der Waals surface area contributed by atoms with E-state index in [0.717, 1.165) is 64.2 Å². The van der Waals surface area contributed by atoms with Gasteiger partial charge in [0.05, 0.1) is 24.1 Å². The van der Waals surface area contributed by atoms with Crippen molar-refractivity contribution in [3.05, 3.63) is 24.3 Å². The Labute approximate surface area is 371 Å². The monoisotopic (exact) mass is 803 g/mol. The number of hydrogen-bond donors (Lipinski definition) is 2. The zero-order valence-corrected chi connectivity index (χ0v) is 38.8. The standard InChI is InChI=1S/2C24H46O3.Ca/c2*1-2-3-4-5-6-7-8-9-10-11-12-13-14-15-16-17-18-19-20-21-22-23(25)24(26)27;/h2*15-16,23,25H,2-14,17-22H2,1H3,(H,26,27);/q;;+2/p-2. The summed E-state index contributed by atoms with van der Waals surface area (Å²) >= 11 is 0. The van der Waals surface area contributed by atoms with Crippen LogP contribution >= 0.6 is 0 Å². The summed E-state index contributed by atoms with van der Waals surface area (Å²) in [6, 6.07) is 0. The van der Waals surface area contributed by atoms with E-state index in [-0.39, 0.29) is 37.7 Å². The van der Waals surface area contributed by atoms with Crippen LogP contribution in [-0.4, -0.2) is 72.1 Å². The van der Waals surface area contributed by atoms with Gasteiger partial charge in [-0.1, -0.05) is 218 Å². The Bertz CT molecular complexity index is 750. The molecule has 6 nitrogen and oxygen atoms in total. The first-order chi connectivity index (χ1) is 26.4. The number of aliphatic hydroxyl groups is 2. The largest absolute Gasteiger partial charge is 2.00 e. The maximum absolute atomic E-state index is 10.4. The van der Waals surface area contributed by atoms with Gasteiger partial charge in [0.2, 0.25) is 0 Å². The van der Waals surface area contributed by atoms with Gasteiger partial charge in [-0.3, -0.25) is 0 Å². The SMILES string of the molecule is CCCCCCCCCCCCCCC=CCCCCCCC(O)C(=O)[O-].CCCCCCCCCCCCCCC=CCCCCCCC(O)C(=O)[O-].[Ca+2]. The third-order valence-corrected chi connectivity index (χ3v) is 10.5. The van der Waals surface area contributed by atoms with Crippen molar-refractivity contribution in [2.24, 2.45) is 0 Å². The predicted octanol–water partition coefficient (Wildman–Crippen LogP) is 11.8. The summed E-state index contributed by atoms with van der Waals surface area (Å²) in [5, 5.41) is 38.9. The summed E-state index contributed by atoms with van der Waals surface area (Å²) in [6.07, 6.45) is 53.5. The summed E-state index contributed by atoms with van der Waals surface area (Å²) in [4.78, 5) is 20.7. The van der Waals surface area contributed by atoms with Crippen LogP contribution in [0.1, 0.15) is 258 Å². The van der Waals surface area contributed by atoms with E-state index in [1.165, 1.54) is 167 Å². The molecule has 2 atom stereocenters. The molecular formula is C48H90CaO6. The van der Waals surface area contributed by atoms with Crippen molar-refractivity contribution in [3.63, 3.8) is 0 Å². The normalized spacial score (nSPS) is 12.4. The molecule has 2 unspecified atom stereocenters. The van der Waals surface area contributed by atoms with Gasteiger partial charge >= 0.3 is 37.7 Å². The summed E-state index contributed by atoms with van der Waals surface area (Å²) in [7, 11) is 0. The number of aliphatic carboxylic acids is 2. The minimum atomic E-state index is -1.35. The van der Waals surface area contributed by atoms with Crippen molar-refractivity contribution >= 4 is 49.7 Å². The number of hydrogen-bond acceptors (Lipinski definition) is 6. The maximum Gasteiger partial charge on any atom is 2.00 e. The van der Waals surface area contributed by atoms with Crippen molar-refractivity contribution < 1.29 is 30.0 Å². The topological polar surface area (TPSA) is 121 Å². The summed E-state index contributed by atoms with van der Waals surface area (Å²) in [5.74, 6) is -2.70. The second-order valence-electron chi connectivity index (χ2n) is 16.0. The fourth-order valence-electron chi connectivity index (χ4n) is 6.82. The molecule has 0 bridgehead atoms. The average Bonchev–Trinajstić information content (AvgIpc) is 3.16. The van der Waals surface area contributed by atoms with Crippen LogP contribution in [0.4, 0.5) is 0 Å². The fourth-order valence-corrected chi connectivity index (χ4v) is 6.82. The Morgan fingerprint density at radius 1 is 0.364 bits per heavy atom. The van der Waals surface area contributed by atoms with Crippen LogP contribution < -0.4 is 10.2 Å². The van der Waals surface area contributed by atoms with E-state index in [0.29, 0.717) is 12.8 Å². The van der Waals surface area contributed by atoms with E-state index in [1.807, 2.05) is 0 Å². The van der Waals surface area contributed by atoms with Gasteiger partial charge in [0, 0.05) is 0 Å². The molecular weight excluding hydrogens is 713 g/mol. The number of allylic oxidation sites excluding steroid dienone is 4. The molecule has 0 fully saturated rings. The molecule has 0 spiro atoms. The quantitative estimate of drug-likeness (QED) is 0.0360. The molecule has 0 radical (unpaired) electrons. The third kappa shape index (κ3) is 53.6. The van der Waals surface area contributed by atoms with E-state index in [4.69, 9.17) is 10.2 Å². The molecule has 0 aromatic rings. The third-order valence-electron chi connectivity index (χ3n) is 10.5. The predicted molar refractivity (Wildman–Crippen MR) is 233 cm³/mol. The van der Waals surface area contributed by atoms with E-state index in [2.05, 4.69) is 38.2 Å². The molecule has 0 rings (SSSR count). The van der Waals surface area contributed by atoms with Gasteiger partial charge in [-0.2, -0.15) is 0 Å². The Morgan fingerprint density at radius 2 is 0.545 bits per heavy atom. The molecule has 320 valence electrons. The van der Waals surface area contributed by atoms with E-state index >= 15 is 0 Å². The number of carboxylic acid groups (broad SMARTS) is 2. The van der Waals surface area contributed by atoms with Crippen LogP contribution in [0.5, 0.6) is 0 Å². The number of rotatable bonds is 42. The van der Waals surface area contributed by atoms with Gasteiger partial charge in [-0.15, -0.1) is 0 Å². The van der Waals surface area contributed by atoms with Crippen molar-refractivity contribution in [1.82, 2.24) is 0 Å². The fraction of sp³-hybridized carbons (Fsp3) is 0.875. The molecule has 55 heavy (non-hydrogen) atoms. The van der Waals surface area contributed by atoms with Crippen LogP contribution in [0.15, 0.2) is 24.3 Å². The molecule has 2 N–H and O–H groups in total. The van der Waals surface area contributed by atoms with Crippen LogP contribution in [-0.2, 0) is 9.59 Å². The zero-order valence-electron chi connectivity index (χ0n) is 36.6. The molecule has 0 aromatic carbocycles. The van der Waals surface area contributed by atoms with Gasteiger partial charge < -0.3 is 30.0 Å². The number of carboxylic acids is 2. The van der Waals surface area contributed by atoms with E-state index < -0.39 is 24.1 Å². The van der Waals surface area contributed by atoms with Crippen molar-refractivity contribution in [2.45, 2.75) is 270 Å².